The molecule has 0 amide bonds. The normalized spacial score (nSPS) is 12.3. The van der Waals surface area contributed by atoms with Gasteiger partial charge in [0.15, 0.2) is 0 Å². The standard InChI is InChI=1S/C10H12ClNO3/c1-15-10(14)7-4-6(9(12)5-13)2-3-8(7)11/h2-4,9,13H,5,12H2,1H3. The maximum Gasteiger partial charge on any atom is 0.339 e. The van der Waals surface area contributed by atoms with Crippen molar-refractivity contribution in [2.75, 3.05) is 13.7 Å². The molecule has 0 radical (unpaired) electrons. The molecule has 0 fully saturated rings. The number of hydrogen-bond donors (Lipinski definition) is 2. The number of carbonyl (C=O) groups is 1. The highest BCUT2D eigenvalue weighted by Gasteiger charge is 2.13. The van der Waals surface area contributed by atoms with Crippen LogP contribution in [0.25, 0.3) is 0 Å². The van der Waals surface area contributed by atoms with Crippen LogP contribution < -0.4 is 5.73 Å². The monoisotopic (exact) mass is 229 g/mol. The number of nitrogens with two attached hydrogens (primary N) is 1. The first-order valence-corrected chi connectivity index (χ1v) is 4.72. The molecule has 15 heavy (non-hydrogen) atoms. The number of benzene rings is 1. The fourth-order valence-electron chi connectivity index (χ4n) is 1.15. The predicted octanol–water partition coefficient (Wildman–Crippen LogP) is 1.12. The second-order valence-corrected chi connectivity index (χ2v) is 3.43. The molecule has 0 bridgehead atoms. The molecule has 0 aliphatic rings. The molecule has 0 aliphatic carbocycles. The lowest BCUT2D eigenvalue weighted by molar-refractivity contribution is 0.0600. The molecule has 0 aliphatic heterocycles. The van der Waals surface area contributed by atoms with Crippen molar-refractivity contribution >= 4 is 17.6 Å². The number of ether oxygens (including phenoxy) is 1. The summed E-state index contributed by atoms with van der Waals surface area (Å²) >= 11 is 5.81. The third kappa shape index (κ3) is 2.68. The Morgan fingerprint density at radius 3 is 2.87 bits per heavy atom. The summed E-state index contributed by atoms with van der Waals surface area (Å²) in [5, 5.41) is 9.17. The summed E-state index contributed by atoms with van der Waals surface area (Å²) in [6, 6.07) is 4.22. The zero-order valence-corrected chi connectivity index (χ0v) is 8.99. The van der Waals surface area contributed by atoms with Gasteiger partial charge in [0.25, 0.3) is 0 Å². The highest BCUT2D eigenvalue weighted by molar-refractivity contribution is 6.33. The predicted molar refractivity (Wildman–Crippen MR) is 56.8 cm³/mol. The van der Waals surface area contributed by atoms with E-state index in [0.29, 0.717) is 10.6 Å². The van der Waals surface area contributed by atoms with Crippen LogP contribution >= 0.6 is 11.6 Å². The minimum absolute atomic E-state index is 0.192. The summed E-state index contributed by atoms with van der Waals surface area (Å²) in [4.78, 5) is 11.3. The summed E-state index contributed by atoms with van der Waals surface area (Å²) < 4.78 is 4.56. The number of rotatable bonds is 3. The SMILES string of the molecule is COC(=O)c1cc(C(N)CO)ccc1Cl. The van der Waals surface area contributed by atoms with Crippen LogP contribution in [0.15, 0.2) is 18.2 Å². The van der Waals surface area contributed by atoms with Gasteiger partial charge in [-0.05, 0) is 17.7 Å². The molecular weight excluding hydrogens is 218 g/mol. The zero-order chi connectivity index (χ0) is 11.4. The number of hydrogen-bond acceptors (Lipinski definition) is 4. The molecule has 1 aromatic rings. The molecule has 1 rings (SSSR count). The minimum atomic E-state index is -0.523. The van der Waals surface area contributed by atoms with Crippen molar-refractivity contribution in [2.45, 2.75) is 6.04 Å². The lowest BCUT2D eigenvalue weighted by Gasteiger charge is -2.10. The van der Waals surface area contributed by atoms with Gasteiger partial charge in [-0.15, -0.1) is 0 Å². The van der Waals surface area contributed by atoms with Crippen LogP contribution in [-0.2, 0) is 4.74 Å². The zero-order valence-electron chi connectivity index (χ0n) is 8.24. The summed E-state index contributed by atoms with van der Waals surface area (Å²) in [6.45, 7) is -0.192. The number of aliphatic hydroxyl groups is 1. The van der Waals surface area contributed by atoms with Crippen LogP contribution in [0.4, 0.5) is 0 Å². The second kappa shape index (κ2) is 5.11. The Kier molecular flexibility index (Phi) is 4.08. The van der Waals surface area contributed by atoms with Crippen LogP contribution in [0.2, 0.25) is 5.02 Å². The van der Waals surface area contributed by atoms with Gasteiger partial charge in [0.2, 0.25) is 0 Å². The van der Waals surface area contributed by atoms with Crippen molar-refractivity contribution in [1.29, 1.82) is 0 Å². The lowest BCUT2D eigenvalue weighted by Crippen LogP contribution is -2.15. The van der Waals surface area contributed by atoms with Crippen LogP contribution in [-0.4, -0.2) is 24.8 Å². The number of aliphatic hydroxyl groups excluding tert-OH is 1. The van der Waals surface area contributed by atoms with Gasteiger partial charge in [-0.2, -0.15) is 0 Å². The van der Waals surface area contributed by atoms with Gasteiger partial charge >= 0.3 is 5.97 Å². The Morgan fingerprint density at radius 1 is 1.67 bits per heavy atom. The van der Waals surface area contributed by atoms with E-state index in [2.05, 4.69) is 4.74 Å². The number of methoxy groups -OCH3 is 1. The molecule has 1 atom stereocenters. The van der Waals surface area contributed by atoms with E-state index < -0.39 is 12.0 Å². The first-order valence-electron chi connectivity index (χ1n) is 4.34. The molecule has 5 heteroatoms. The molecule has 1 unspecified atom stereocenters. The number of carbonyl (C=O) groups excluding carboxylic acids is 1. The van der Waals surface area contributed by atoms with E-state index in [1.807, 2.05) is 0 Å². The Balaban J connectivity index is 3.10. The largest absolute Gasteiger partial charge is 0.465 e. The highest BCUT2D eigenvalue weighted by atomic mass is 35.5. The smallest absolute Gasteiger partial charge is 0.339 e. The molecule has 0 aromatic heterocycles. The second-order valence-electron chi connectivity index (χ2n) is 3.02. The molecule has 0 heterocycles. The molecule has 0 saturated carbocycles. The van der Waals surface area contributed by atoms with Gasteiger partial charge in [-0.3, -0.25) is 0 Å². The van der Waals surface area contributed by atoms with Crippen molar-refractivity contribution in [1.82, 2.24) is 0 Å². The Bertz CT molecular complexity index is 368. The van der Waals surface area contributed by atoms with Crippen LogP contribution in [0.3, 0.4) is 0 Å². The van der Waals surface area contributed by atoms with Gasteiger partial charge < -0.3 is 15.6 Å². The van der Waals surface area contributed by atoms with E-state index in [1.54, 1.807) is 12.1 Å². The maximum atomic E-state index is 11.3. The first kappa shape index (κ1) is 12.0. The quantitative estimate of drug-likeness (QED) is 0.762. The summed E-state index contributed by atoms with van der Waals surface area (Å²) in [6.07, 6.45) is 0. The summed E-state index contributed by atoms with van der Waals surface area (Å²) in [7, 11) is 1.28. The van der Waals surface area contributed by atoms with E-state index in [4.69, 9.17) is 22.4 Å². The third-order valence-electron chi connectivity index (χ3n) is 2.02. The summed E-state index contributed by atoms with van der Waals surface area (Å²) in [5.74, 6) is -0.521. The van der Waals surface area contributed by atoms with Crippen molar-refractivity contribution < 1.29 is 14.6 Å². The van der Waals surface area contributed by atoms with E-state index in [9.17, 15) is 4.79 Å². The maximum absolute atomic E-state index is 11.3. The number of halogens is 1. The van der Waals surface area contributed by atoms with Crippen molar-refractivity contribution in [3.05, 3.63) is 34.3 Å². The average Bonchev–Trinajstić information content (AvgIpc) is 2.27. The topological polar surface area (TPSA) is 72.5 Å². The lowest BCUT2D eigenvalue weighted by atomic mass is 10.1. The van der Waals surface area contributed by atoms with Gasteiger partial charge in [0.05, 0.1) is 30.3 Å². The Hall–Kier alpha value is -1.10. The molecule has 0 spiro atoms. The molecule has 3 N–H and O–H groups in total. The fourth-order valence-corrected chi connectivity index (χ4v) is 1.34. The van der Waals surface area contributed by atoms with Crippen LogP contribution in [0.1, 0.15) is 22.0 Å². The van der Waals surface area contributed by atoms with E-state index in [1.165, 1.54) is 13.2 Å². The molecule has 82 valence electrons. The van der Waals surface area contributed by atoms with E-state index >= 15 is 0 Å². The van der Waals surface area contributed by atoms with Gasteiger partial charge in [0, 0.05) is 0 Å². The molecule has 1 aromatic carbocycles. The van der Waals surface area contributed by atoms with Crippen molar-refractivity contribution in [3.8, 4) is 0 Å². The first-order chi connectivity index (χ1) is 7.10. The third-order valence-corrected chi connectivity index (χ3v) is 2.35. The molecule has 4 nitrogen and oxygen atoms in total. The van der Waals surface area contributed by atoms with Gasteiger partial charge in [-0.25, -0.2) is 4.79 Å². The number of esters is 1. The molecule has 0 saturated heterocycles. The summed E-state index contributed by atoms with van der Waals surface area (Å²) in [5.41, 5.74) is 6.50. The van der Waals surface area contributed by atoms with Crippen molar-refractivity contribution in [2.24, 2.45) is 5.73 Å². The van der Waals surface area contributed by atoms with Gasteiger partial charge in [-0.1, -0.05) is 17.7 Å². The minimum Gasteiger partial charge on any atom is -0.465 e. The van der Waals surface area contributed by atoms with Crippen molar-refractivity contribution in [3.63, 3.8) is 0 Å². The average molecular weight is 230 g/mol. The van der Waals surface area contributed by atoms with Gasteiger partial charge in [0.1, 0.15) is 0 Å². The van der Waals surface area contributed by atoms with E-state index in [-0.39, 0.29) is 12.2 Å². The highest BCUT2D eigenvalue weighted by Crippen LogP contribution is 2.21. The van der Waals surface area contributed by atoms with Crippen LogP contribution in [0.5, 0.6) is 0 Å². The fraction of sp³-hybridized carbons (Fsp3) is 0.300. The van der Waals surface area contributed by atoms with Crippen LogP contribution in [0, 0.1) is 0 Å². The van der Waals surface area contributed by atoms with E-state index in [0.717, 1.165) is 0 Å². The Labute approximate surface area is 92.6 Å². The molecular formula is C10H12ClNO3. The Morgan fingerprint density at radius 2 is 2.33 bits per heavy atom.